The summed E-state index contributed by atoms with van der Waals surface area (Å²) in [4.78, 5) is 15.6. The fourth-order valence-corrected chi connectivity index (χ4v) is 11.6. The van der Waals surface area contributed by atoms with Crippen LogP contribution in [0.5, 0.6) is 0 Å². The van der Waals surface area contributed by atoms with Crippen molar-refractivity contribution >= 4 is 88.6 Å². The minimum atomic E-state index is -1.67. The van der Waals surface area contributed by atoms with Crippen molar-refractivity contribution in [3.8, 4) is 28.3 Å². The van der Waals surface area contributed by atoms with Crippen molar-refractivity contribution in [3.05, 3.63) is 162 Å². The number of furan rings is 1. The number of hydrogen-bond donors (Lipinski definition) is 0. The molecule has 66 heavy (non-hydrogen) atoms. The second-order valence-electron chi connectivity index (χ2n) is 18.6. The van der Waals surface area contributed by atoms with Gasteiger partial charge in [0.25, 0.3) is 0 Å². The molecule has 0 aliphatic heterocycles. The molecule has 5 nitrogen and oxygen atoms in total. The van der Waals surface area contributed by atoms with Crippen LogP contribution >= 0.6 is 11.3 Å². The zero-order valence-corrected chi connectivity index (χ0v) is 42.7. The first-order valence-electron chi connectivity index (χ1n) is 23.3. The maximum Gasteiger partial charge on any atom is 0.140 e. The molecule has 0 amide bonds. The van der Waals surface area contributed by atoms with E-state index in [1.165, 1.54) is 17.4 Å². The van der Waals surface area contributed by atoms with Gasteiger partial charge in [0, 0.05) is 68.0 Å². The van der Waals surface area contributed by atoms with E-state index in [4.69, 9.17) is 17.1 Å². The van der Waals surface area contributed by atoms with Crippen molar-refractivity contribution in [2.24, 2.45) is 5.92 Å². The summed E-state index contributed by atoms with van der Waals surface area (Å²) < 4.78 is 42.2. The van der Waals surface area contributed by atoms with Gasteiger partial charge in [-0.3, -0.25) is 9.37 Å². The van der Waals surface area contributed by atoms with Crippen LogP contribution in [0.3, 0.4) is 0 Å². The molecule has 6 aromatic carbocycles. The molecule has 0 spiro atoms. The summed E-state index contributed by atoms with van der Waals surface area (Å²) in [5.41, 5.74) is 10.9. The Morgan fingerprint density at radius 3 is 2.30 bits per heavy atom. The normalized spacial score (nSPS) is 12.7. The van der Waals surface area contributed by atoms with E-state index in [1.807, 2.05) is 86.8 Å². The molecule has 333 valence electrons. The average molecular weight is 1080 g/mol. The van der Waals surface area contributed by atoms with Crippen LogP contribution in [-0.4, -0.2) is 27.6 Å². The second kappa shape index (κ2) is 17.8. The van der Waals surface area contributed by atoms with Gasteiger partial charge in [-0.1, -0.05) is 113 Å². The molecule has 0 unspecified atom stereocenters. The fourth-order valence-electron chi connectivity index (χ4n) is 9.03. The number of benzene rings is 6. The monoisotopic (exact) mass is 1080 g/mol. The van der Waals surface area contributed by atoms with Gasteiger partial charge in [-0.05, 0) is 99.7 Å². The molecule has 0 aliphatic rings. The molecule has 11 rings (SSSR count). The zero-order valence-electron chi connectivity index (χ0n) is 40.5. The van der Waals surface area contributed by atoms with E-state index >= 15 is 4.39 Å². The number of nitrogens with zero attached hydrogens (tertiary/aromatic N) is 4. The Bertz CT molecular complexity index is 3720. The van der Waals surface area contributed by atoms with E-state index in [2.05, 4.69) is 111 Å². The number of halogens is 1. The summed E-state index contributed by atoms with van der Waals surface area (Å²) in [6.45, 7) is 19.1. The molecule has 5 heterocycles. The van der Waals surface area contributed by atoms with Crippen molar-refractivity contribution in [1.82, 2.24) is 19.5 Å². The van der Waals surface area contributed by atoms with E-state index in [0.29, 0.717) is 11.2 Å². The molecule has 0 atom stereocenters. The third-order valence-corrected chi connectivity index (χ3v) is 15.3. The SMILES string of the molecule is Cc1cc2c(oc3ccccc32)c(C)c1-n1c(-c2[c-]cc(F)c3c2sc2nc(C(C)C)ccc23)nc2cc3ccccc3cc21.[2H]C([2H])(c1cc(-c2[c-]cccc2)ncc1[Si](C)(C)C)C(C)C.[Ir]. The quantitative estimate of drug-likeness (QED) is 0.118. The number of aryl methyl sites for hydroxylation is 2. The van der Waals surface area contributed by atoms with Gasteiger partial charge < -0.3 is 14.0 Å². The first-order valence-corrected chi connectivity index (χ1v) is 26.6. The minimum Gasteiger partial charge on any atom is -0.456 e. The van der Waals surface area contributed by atoms with Crippen LogP contribution in [0.4, 0.5) is 4.39 Å². The molecule has 9 heteroatoms. The number of rotatable bonds is 7. The topological polar surface area (TPSA) is 56.7 Å². The van der Waals surface area contributed by atoms with Gasteiger partial charge in [0.15, 0.2) is 0 Å². The molecule has 0 aliphatic carbocycles. The van der Waals surface area contributed by atoms with Crippen molar-refractivity contribution in [3.63, 3.8) is 0 Å². The van der Waals surface area contributed by atoms with Crippen LogP contribution in [0.1, 0.15) is 58.7 Å². The number of para-hydroxylation sites is 1. The van der Waals surface area contributed by atoms with Crippen LogP contribution in [0.25, 0.3) is 92.4 Å². The second-order valence-corrected chi connectivity index (χ2v) is 24.6. The Morgan fingerprint density at radius 1 is 0.833 bits per heavy atom. The molecule has 0 saturated heterocycles. The number of pyridine rings is 2. The maximum absolute atomic E-state index is 15.6. The Hall–Kier alpha value is -5.83. The third kappa shape index (κ3) is 8.10. The summed E-state index contributed by atoms with van der Waals surface area (Å²) in [6, 6.07) is 44.6. The standard InChI is InChI=1S/C39H27FN3OS.C18H24NSi.Ir/c1-20(2)30-16-14-26-34-29(40)15-13-27(37(34)45-39(26)42-30)38-41-31-18-23-9-5-6-10-24(23)19-32(31)43(38)35-21(3)17-28-25-11-7-8-12-33(25)44-36(28)22(35)4;1-14(2)11-16-12-17(15-9-7-6-8-10-15)19-13-18(16)20(3,4)5;/h5-12,14-20H,1-4H3;6-9,12-14H,11H2,1-5H3;/q2*-1;/i;11D2;. The predicted octanol–water partition coefficient (Wildman–Crippen LogP) is 15.5. The summed E-state index contributed by atoms with van der Waals surface area (Å²) >= 11 is 1.51. The first kappa shape index (κ1) is 42.8. The molecule has 0 bridgehead atoms. The van der Waals surface area contributed by atoms with Crippen LogP contribution in [-0.2, 0) is 26.5 Å². The van der Waals surface area contributed by atoms with E-state index in [9.17, 15) is 0 Å². The van der Waals surface area contributed by atoms with Crippen molar-refractivity contribution in [2.75, 3.05) is 0 Å². The smallest absolute Gasteiger partial charge is 0.140 e. The molecule has 5 aromatic heterocycles. The van der Waals surface area contributed by atoms with E-state index < -0.39 is 14.4 Å². The van der Waals surface area contributed by atoms with E-state index in [0.717, 1.165) is 109 Å². The van der Waals surface area contributed by atoms with Gasteiger partial charge in [-0.2, -0.15) is 11.3 Å². The summed E-state index contributed by atoms with van der Waals surface area (Å²) in [5, 5.41) is 6.91. The number of aromatic nitrogens is 4. The predicted molar refractivity (Wildman–Crippen MR) is 274 cm³/mol. The summed E-state index contributed by atoms with van der Waals surface area (Å²) in [7, 11) is -1.67. The number of imidazole rings is 1. The zero-order chi connectivity index (χ0) is 47.1. The molecule has 0 saturated carbocycles. The van der Waals surface area contributed by atoms with Crippen LogP contribution in [0, 0.1) is 37.7 Å². The van der Waals surface area contributed by atoms with Gasteiger partial charge >= 0.3 is 0 Å². The third-order valence-electron chi connectivity index (χ3n) is 12.2. The van der Waals surface area contributed by atoms with Gasteiger partial charge in [-0.15, -0.1) is 48.0 Å². The van der Waals surface area contributed by atoms with Crippen molar-refractivity contribution in [2.45, 2.75) is 73.5 Å². The van der Waals surface area contributed by atoms with Gasteiger partial charge in [-0.25, -0.2) is 4.98 Å². The molecule has 11 aromatic rings. The molecular weight excluding hydrogens is 1030 g/mol. The van der Waals surface area contributed by atoms with Gasteiger partial charge in [0.1, 0.15) is 16.0 Å². The van der Waals surface area contributed by atoms with Crippen molar-refractivity contribution in [1.29, 1.82) is 0 Å². The minimum absolute atomic E-state index is 0. The van der Waals surface area contributed by atoms with E-state index in [-0.39, 0.29) is 37.8 Å². The van der Waals surface area contributed by atoms with E-state index in [1.54, 1.807) is 0 Å². The number of thiophene rings is 1. The summed E-state index contributed by atoms with van der Waals surface area (Å²) in [6.07, 6.45) is 0.528. The number of fused-ring (bicyclic) bond motifs is 8. The molecule has 1 radical (unpaired) electrons. The van der Waals surface area contributed by atoms with Crippen LogP contribution < -0.4 is 5.19 Å². The Labute approximate surface area is 406 Å². The van der Waals surface area contributed by atoms with Crippen molar-refractivity contribution < 1.29 is 31.7 Å². The van der Waals surface area contributed by atoms with Gasteiger partial charge in [0.05, 0.1) is 24.9 Å². The Morgan fingerprint density at radius 2 is 1.58 bits per heavy atom. The summed E-state index contributed by atoms with van der Waals surface area (Å²) in [5.74, 6) is 0.594. The molecule has 0 fully saturated rings. The van der Waals surface area contributed by atoms with Crippen LogP contribution in [0.15, 0.2) is 126 Å². The average Bonchev–Trinajstić information content (AvgIpc) is 4.00. The first-order chi connectivity index (χ1) is 32.0. The largest absolute Gasteiger partial charge is 0.456 e. The Balaban J connectivity index is 0.000000213. The molecule has 0 N–H and O–H groups in total. The van der Waals surface area contributed by atoms with Crippen LogP contribution in [0.2, 0.25) is 19.6 Å². The van der Waals surface area contributed by atoms with Gasteiger partial charge in [0.2, 0.25) is 0 Å². The maximum atomic E-state index is 15.6. The molecular formula is C57H51FIrN4OSSi-2. The Kier molecular flexibility index (Phi) is 11.5. The fraction of sp³-hybridized carbons (Fsp3) is 0.211. The number of hydrogen-bond acceptors (Lipinski definition) is 5.